The van der Waals surface area contributed by atoms with Gasteiger partial charge in [-0.05, 0) is 60.2 Å². The molecule has 0 amide bonds. The van der Waals surface area contributed by atoms with Crippen LogP contribution in [0.25, 0.3) is 0 Å². The van der Waals surface area contributed by atoms with E-state index in [0.29, 0.717) is 21.9 Å². The van der Waals surface area contributed by atoms with Gasteiger partial charge >= 0.3 is 0 Å². The largest absolute Gasteiger partial charge is 0.489 e. The van der Waals surface area contributed by atoms with Gasteiger partial charge in [0, 0.05) is 10.6 Å². The zero-order valence-corrected chi connectivity index (χ0v) is 16.1. The molecule has 0 spiro atoms. The lowest BCUT2D eigenvalue weighted by Crippen LogP contribution is -2.18. The summed E-state index contributed by atoms with van der Waals surface area (Å²) in [5.41, 5.74) is 1.13. The van der Waals surface area contributed by atoms with Gasteiger partial charge in [0.25, 0.3) is 10.0 Å². The molecule has 0 fully saturated rings. The monoisotopic (exact) mass is 418 g/mol. The number of benzene rings is 3. The summed E-state index contributed by atoms with van der Waals surface area (Å²) in [7, 11) is -3.77. The number of ether oxygens (including phenoxy) is 1. The van der Waals surface area contributed by atoms with Crippen LogP contribution in [0.2, 0.25) is 5.02 Å². The van der Waals surface area contributed by atoms with E-state index in [1.165, 1.54) is 36.5 Å². The third kappa shape index (κ3) is 5.31. The van der Waals surface area contributed by atoms with Crippen LogP contribution in [0.15, 0.2) is 82.8 Å². The first kappa shape index (κ1) is 19.9. The fourth-order valence-electron chi connectivity index (χ4n) is 2.26. The first-order valence-corrected chi connectivity index (χ1v) is 10.1. The lowest BCUT2D eigenvalue weighted by Gasteiger charge is -2.07. The molecule has 3 rings (SSSR count). The van der Waals surface area contributed by atoms with E-state index in [1.54, 1.807) is 42.5 Å². The molecule has 3 aromatic rings. The summed E-state index contributed by atoms with van der Waals surface area (Å²) in [4.78, 5) is 2.20. The molecule has 0 atom stereocenters. The number of hydrogen-bond acceptors (Lipinski definition) is 4. The van der Waals surface area contributed by atoms with Crippen molar-refractivity contribution in [3.63, 3.8) is 0 Å². The number of hydrogen-bond donors (Lipinski definition) is 1. The highest BCUT2D eigenvalue weighted by Crippen LogP contribution is 2.16. The zero-order chi connectivity index (χ0) is 20.0. The molecular weight excluding hydrogens is 403 g/mol. The van der Waals surface area contributed by atoms with Crippen molar-refractivity contribution >= 4 is 27.8 Å². The minimum Gasteiger partial charge on any atom is -0.489 e. The predicted molar refractivity (Wildman–Crippen MR) is 107 cm³/mol. The van der Waals surface area contributed by atoms with E-state index in [0.717, 1.165) is 0 Å². The van der Waals surface area contributed by atoms with Crippen molar-refractivity contribution in [2.75, 3.05) is 0 Å². The molecule has 0 aliphatic rings. The summed E-state index contributed by atoms with van der Waals surface area (Å²) in [6.07, 6.45) is 1.37. The Kier molecular flexibility index (Phi) is 6.28. The van der Waals surface area contributed by atoms with E-state index in [2.05, 4.69) is 9.93 Å². The van der Waals surface area contributed by atoms with Gasteiger partial charge in [0.15, 0.2) is 0 Å². The highest BCUT2D eigenvalue weighted by Gasteiger charge is 2.11. The van der Waals surface area contributed by atoms with Crippen LogP contribution < -0.4 is 9.57 Å². The second kappa shape index (κ2) is 8.86. The maximum absolute atomic E-state index is 13.6. The molecule has 28 heavy (non-hydrogen) atoms. The summed E-state index contributed by atoms with van der Waals surface area (Å²) in [5, 5.41) is 4.20. The van der Waals surface area contributed by atoms with E-state index in [-0.39, 0.29) is 17.3 Å². The van der Waals surface area contributed by atoms with Crippen LogP contribution in [0.3, 0.4) is 0 Å². The van der Waals surface area contributed by atoms with Crippen LogP contribution in [0.5, 0.6) is 5.75 Å². The molecule has 5 nitrogen and oxygen atoms in total. The van der Waals surface area contributed by atoms with Gasteiger partial charge in [-0.15, -0.1) is 0 Å². The van der Waals surface area contributed by atoms with Crippen molar-refractivity contribution in [2.45, 2.75) is 11.5 Å². The Balaban J connectivity index is 1.58. The molecule has 0 unspecified atom stereocenters. The minimum atomic E-state index is -3.77. The van der Waals surface area contributed by atoms with Gasteiger partial charge in [-0.1, -0.05) is 29.8 Å². The van der Waals surface area contributed by atoms with Gasteiger partial charge in [-0.3, -0.25) is 0 Å². The number of rotatable bonds is 7. The minimum absolute atomic E-state index is 0.0611. The van der Waals surface area contributed by atoms with Crippen LogP contribution in [-0.4, -0.2) is 14.6 Å². The number of sulfonamides is 1. The van der Waals surface area contributed by atoms with Crippen LogP contribution in [0.4, 0.5) is 4.39 Å². The molecule has 0 saturated carbocycles. The molecule has 1 N–H and O–H groups in total. The topological polar surface area (TPSA) is 67.8 Å². The second-order valence-electron chi connectivity index (χ2n) is 5.76. The Morgan fingerprint density at radius 2 is 1.68 bits per heavy atom. The van der Waals surface area contributed by atoms with E-state index >= 15 is 0 Å². The smallest absolute Gasteiger partial charge is 0.276 e. The summed E-state index contributed by atoms with van der Waals surface area (Å²) in [6, 6.07) is 18.9. The third-order valence-electron chi connectivity index (χ3n) is 3.74. The van der Waals surface area contributed by atoms with Crippen molar-refractivity contribution in [3.8, 4) is 5.75 Å². The van der Waals surface area contributed by atoms with Gasteiger partial charge in [-0.25, -0.2) is 9.22 Å². The Bertz CT molecular complexity index is 1070. The Labute approximate surface area is 167 Å². The van der Waals surface area contributed by atoms with E-state index < -0.39 is 10.0 Å². The summed E-state index contributed by atoms with van der Waals surface area (Å²) < 4.78 is 43.4. The lowest BCUT2D eigenvalue weighted by atomic mass is 10.2. The fourth-order valence-corrected chi connectivity index (χ4v) is 3.18. The zero-order valence-electron chi connectivity index (χ0n) is 14.5. The molecule has 0 radical (unpaired) electrons. The van der Waals surface area contributed by atoms with Crippen molar-refractivity contribution in [2.24, 2.45) is 5.10 Å². The van der Waals surface area contributed by atoms with Crippen molar-refractivity contribution in [1.82, 2.24) is 4.83 Å². The van der Waals surface area contributed by atoms with Gasteiger partial charge in [-0.2, -0.15) is 13.5 Å². The molecule has 144 valence electrons. The van der Waals surface area contributed by atoms with Crippen LogP contribution in [0, 0.1) is 5.82 Å². The Hall–Kier alpha value is -2.90. The molecular formula is C20H16ClFN2O3S. The van der Waals surface area contributed by atoms with Crippen molar-refractivity contribution < 1.29 is 17.5 Å². The number of halogens is 2. The third-order valence-corrected chi connectivity index (χ3v) is 5.23. The van der Waals surface area contributed by atoms with Crippen LogP contribution in [-0.2, 0) is 16.6 Å². The summed E-state index contributed by atoms with van der Waals surface area (Å²) >= 11 is 5.75. The molecule has 0 aromatic heterocycles. The number of nitrogens with zero attached hydrogens (tertiary/aromatic N) is 1. The van der Waals surface area contributed by atoms with Crippen molar-refractivity contribution in [1.29, 1.82) is 0 Å². The highest BCUT2D eigenvalue weighted by molar-refractivity contribution is 7.89. The maximum atomic E-state index is 13.6. The average molecular weight is 419 g/mol. The fraction of sp³-hybridized carbons (Fsp3) is 0.0500. The molecule has 0 aliphatic carbocycles. The Morgan fingerprint density at radius 3 is 2.36 bits per heavy atom. The summed E-state index contributed by atoms with van der Waals surface area (Å²) in [6.45, 7) is 0.112. The average Bonchev–Trinajstić information content (AvgIpc) is 2.69. The molecule has 3 aromatic carbocycles. The second-order valence-corrected chi connectivity index (χ2v) is 7.85. The molecule has 0 aliphatic heterocycles. The lowest BCUT2D eigenvalue weighted by molar-refractivity contribution is 0.300. The van der Waals surface area contributed by atoms with Gasteiger partial charge in [0.2, 0.25) is 0 Å². The molecule has 8 heteroatoms. The quantitative estimate of drug-likeness (QED) is 0.457. The van der Waals surface area contributed by atoms with Gasteiger partial charge < -0.3 is 4.74 Å². The molecule has 0 saturated heterocycles. The normalized spacial score (nSPS) is 11.5. The predicted octanol–water partition coefficient (Wildman–Crippen LogP) is 4.37. The van der Waals surface area contributed by atoms with E-state index in [1.807, 2.05) is 0 Å². The molecule has 0 bridgehead atoms. The van der Waals surface area contributed by atoms with E-state index in [4.69, 9.17) is 16.3 Å². The molecule has 0 heterocycles. The van der Waals surface area contributed by atoms with Crippen LogP contribution >= 0.6 is 11.6 Å². The number of hydrazone groups is 1. The maximum Gasteiger partial charge on any atom is 0.276 e. The first-order valence-electron chi connectivity index (χ1n) is 8.21. The van der Waals surface area contributed by atoms with Crippen molar-refractivity contribution in [3.05, 3.63) is 94.8 Å². The van der Waals surface area contributed by atoms with E-state index in [9.17, 15) is 12.8 Å². The number of nitrogens with one attached hydrogen (secondary N) is 1. The van der Waals surface area contributed by atoms with Gasteiger partial charge in [0.1, 0.15) is 18.2 Å². The first-order chi connectivity index (χ1) is 13.4. The SMILES string of the molecule is O=S(=O)(N/N=C\c1ccc(OCc2ccccc2F)cc1)c1ccc(Cl)cc1. The highest BCUT2D eigenvalue weighted by atomic mass is 35.5. The summed E-state index contributed by atoms with van der Waals surface area (Å²) in [5.74, 6) is 0.237. The Morgan fingerprint density at radius 1 is 1.00 bits per heavy atom. The van der Waals surface area contributed by atoms with Crippen LogP contribution in [0.1, 0.15) is 11.1 Å². The standard InChI is InChI=1S/C20H16ClFN2O3S/c21-17-7-11-19(12-8-17)28(25,26)24-23-13-15-5-9-18(10-6-15)27-14-16-3-1-2-4-20(16)22/h1-13,24H,14H2/b23-13-. The van der Waals surface area contributed by atoms with Gasteiger partial charge in [0.05, 0.1) is 11.1 Å².